The van der Waals surface area contributed by atoms with Crippen molar-refractivity contribution in [2.75, 3.05) is 20.1 Å². The molecule has 0 amide bonds. The molecular weight excluding hydrogens is 267 g/mol. The van der Waals surface area contributed by atoms with Gasteiger partial charge >= 0.3 is 6.18 Å². The molecule has 0 bridgehead atoms. The standard InChI is InChI=1S/C14H20F3N3/c1-18-8-12-5-2-6-13(19-12)10-20-7-3-4-11(9-20)14(15,16)17/h2,5-6,11,18H,3-4,7-10H2,1H3. The van der Waals surface area contributed by atoms with E-state index >= 15 is 0 Å². The summed E-state index contributed by atoms with van der Waals surface area (Å²) in [7, 11) is 1.84. The van der Waals surface area contributed by atoms with E-state index in [-0.39, 0.29) is 13.0 Å². The molecule has 20 heavy (non-hydrogen) atoms. The summed E-state index contributed by atoms with van der Waals surface area (Å²) in [6.45, 7) is 1.95. The van der Waals surface area contributed by atoms with Crippen LogP contribution < -0.4 is 5.32 Å². The Morgan fingerprint density at radius 2 is 2.10 bits per heavy atom. The first kappa shape index (κ1) is 15.3. The van der Waals surface area contributed by atoms with Crippen molar-refractivity contribution in [3.63, 3.8) is 0 Å². The van der Waals surface area contributed by atoms with Crippen molar-refractivity contribution in [2.24, 2.45) is 5.92 Å². The van der Waals surface area contributed by atoms with E-state index in [4.69, 9.17) is 0 Å². The fraction of sp³-hybridized carbons (Fsp3) is 0.643. The number of nitrogens with zero attached hydrogens (tertiary/aromatic N) is 2. The van der Waals surface area contributed by atoms with E-state index in [1.165, 1.54) is 0 Å². The second-order valence-corrected chi connectivity index (χ2v) is 5.27. The van der Waals surface area contributed by atoms with E-state index in [1.807, 2.05) is 30.1 Å². The monoisotopic (exact) mass is 287 g/mol. The van der Waals surface area contributed by atoms with Gasteiger partial charge in [-0.05, 0) is 38.6 Å². The number of pyridine rings is 1. The Bertz CT molecular complexity index is 434. The molecule has 0 saturated carbocycles. The van der Waals surface area contributed by atoms with Gasteiger partial charge < -0.3 is 5.32 Å². The Morgan fingerprint density at radius 1 is 1.35 bits per heavy atom. The summed E-state index contributed by atoms with van der Waals surface area (Å²) in [6, 6.07) is 5.69. The number of nitrogens with one attached hydrogen (secondary N) is 1. The normalized spacial score (nSPS) is 21.1. The molecule has 0 aromatic carbocycles. The van der Waals surface area contributed by atoms with Gasteiger partial charge in [0, 0.05) is 19.6 Å². The molecule has 1 saturated heterocycles. The topological polar surface area (TPSA) is 28.2 Å². The highest BCUT2D eigenvalue weighted by Crippen LogP contribution is 2.33. The fourth-order valence-corrected chi connectivity index (χ4v) is 2.59. The molecule has 1 N–H and O–H groups in total. The molecule has 1 atom stereocenters. The number of hydrogen-bond donors (Lipinski definition) is 1. The molecular formula is C14H20F3N3. The van der Waals surface area contributed by atoms with Gasteiger partial charge in [-0.3, -0.25) is 9.88 Å². The third kappa shape index (κ3) is 4.18. The van der Waals surface area contributed by atoms with E-state index in [1.54, 1.807) is 0 Å². The highest BCUT2D eigenvalue weighted by Gasteiger charge is 2.41. The van der Waals surface area contributed by atoms with Crippen molar-refractivity contribution in [1.29, 1.82) is 0 Å². The van der Waals surface area contributed by atoms with Gasteiger partial charge in [0.1, 0.15) is 0 Å². The zero-order chi connectivity index (χ0) is 14.6. The van der Waals surface area contributed by atoms with Crippen molar-refractivity contribution in [1.82, 2.24) is 15.2 Å². The molecule has 2 heterocycles. The Hall–Kier alpha value is -1.14. The lowest BCUT2D eigenvalue weighted by Gasteiger charge is -2.33. The molecule has 1 aromatic heterocycles. The minimum absolute atomic E-state index is 0.0848. The lowest BCUT2D eigenvalue weighted by atomic mass is 9.97. The summed E-state index contributed by atoms with van der Waals surface area (Å²) < 4.78 is 38.3. The molecule has 3 nitrogen and oxygen atoms in total. The predicted molar refractivity (Wildman–Crippen MR) is 71.1 cm³/mol. The van der Waals surface area contributed by atoms with Gasteiger partial charge in [-0.15, -0.1) is 0 Å². The zero-order valence-corrected chi connectivity index (χ0v) is 11.6. The van der Waals surface area contributed by atoms with E-state index in [0.29, 0.717) is 26.1 Å². The zero-order valence-electron chi connectivity index (χ0n) is 11.6. The Morgan fingerprint density at radius 3 is 2.80 bits per heavy atom. The molecule has 1 aromatic rings. The molecule has 1 unspecified atom stereocenters. The van der Waals surface area contributed by atoms with Crippen molar-refractivity contribution in [3.05, 3.63) is 29.6 Å². The Balaban J connectivity index is 1.97. The van der Waals surface area contributed by atoms with Crippen molar-refractivity contribution in [3.8, 4) is 0 Å². The Kier molecular flexibility index (Phi) is 4.99. The summed E-state index contributed by atoms with van der Waals surface area (Å²) >= 11 is 0. The van der Waals surface area contributed by atoms with Crippen molar-refractivity contribution >= 4 is 0 Å². The third-order valence-electron chi connectivity index (χ3n) is 3.58. The van der Waals surface area contributed by atoms with E-state index < -0.39 is 12.1 Å². The number of rotatable bonds is 4. The SMILES string of the molecule is CNCc1cccc(CN2CCCC(C(F)(F)F)C2)n1. The van der Waals surface area contributed by atoms with Crippen LogP contribution in [0.2, 0.25) is 0 Å². The molecule has 0 radical (unpaired) electrons. The lowest BCUT2D eigenvalue weighted by Crippen LogP contribution is -2.41. The van der Waals surface area contributed by atoms with Gasteiger partial charge in [0.25, 0.3) is 0 Å². The van der Waals surface area contributed by atoms with Crippen LogP contribution >= 0.6 is 0 Å². The van der Waals surface area contributed by atoms with E-state index in [2.05, 4.69) is 10.3 Å². The van der Waals surface area contributed by atoms with Crippen molar-refractivity contribution < 1.29 is 13.2 Å². The largest absolute Gasteiger partial charge is 0.393 e. The molecule has 1 fully saturated rings. The smallest absolute Gasteiger partial charge is 0.314 e. The first-order chi connectivity index (χ1) is 9.49. The quantitative estimate of drug-likeness (QED) is 0.922. The summed E-state index contributed by atoms with van der Waals surface area (Å²) in [5, 5.41) is 3.02. The first-order valence-corrected chi connectivity index (χ1v) is 6.87. The van der Waals surface area contributed by atoms with Crippen LogP contribution in [0.1, 0.15) is 24.2 Å². The van der Waals surface area contributed by atoms with Crippen molar-refractivity contribution in [2.45, 2.75) is 32.1 Å². The summed E-state index contributed by atoms with van der Waals surface area (Å²) in [6.07, 6.45) is -3.24. The Labute approximate surface area is 117 Å². The molecule has 1 aliphatic heterocycles. The van der Waals surface area contributed by atoms with Crippen LogP contribution in [-0.2, 0) is 13.1 Å². The van der Waals surface area contributed by atoms with Gasteiger partial charge in [0.15, 0.2) is 0 Å². The van der Waals surface area contributed by atoms with Gasteiger partial charge in [0.05, 0.1) is 17.3 Å². The highest BCUT2D eigenvalue weighted by molar-refractivity contribution is 5.11. The molecule has 0 aliphatic carbocycles. The van der Waals surface area contributed by atoms with Gasteiger partial charge in [-0.1, -0.05) is 6.07 Å². The van der Waals surface area contributed by atoms with Crippen LogP contribution in [0.15, 0.2) is 18.2 Å². The van der Waals surface area contributed by atoms with Crippen LogP contribution in [0, 0.1) is 5.92 Å². The van der Waals surface area contributed by atoms with Crippen LogP contribution in [-0.4, -0.2) is 36.2 Å². The van der Waals surface area contributed by atoms with E-state index in [9.17, 15) is 13.2 Å². The summed E-state index contributed by atoms with van der Waals surface area (Å²) in [5.74, 6) is -1.20. The fourth-order valence-electron chi connectivity index (χ4n) is 2.59. The average molecular weight is 287 g/mol. The maximum atomic E-state index is 12.8. The maximum Gasteiger partial charge on any atom is 0.393 e. The summed E-state index contributed by atoms with van der Waals surface area (Å²) in [5.41, 5.74) is 1.75. The number of hydrogen-bond acceptors (Lipinski definition) is 3. The third-order valence-corrected chi connectivity index (χ3v) is 3.58. The number of alkyl halides is 3. The second-order valence-electron chi connectivity index (χ2n) is 5.27. The maximum absolute atomic E-state index is 12.8. The van der Waals surface area contributed by atoms with Crippen LogP contribution in [0.25, 0.3) is 0 Å². The number of piperidine rings is 1. The number of aromatic nitrogens is 1. The molecule has 6 heteroatoms. The number of halogens is 3. The van der Waals surface area contributed by atoms with Crippen LogP contribution in [0.4, 0.5) is 13.2 Å². The van der Waals surface area contributed by atoms with Crippen LogP contribution in [0.5, 0.6) is 0 Å². The van der Waals surface area contributed by atoms with Gasteiger partial charge in [-0.25, -0.2) is 0 Å². The van der Waals surface area contributed by atoms with Crippen LogP contribution in [0.3, 0.4) is 0 Å². The molecule has 2 rings (SSSR count). The molecule has 0 spiro atoms. The predicted octanol–water partition coefficient (Wildman–Crippen LogP) is 2.58. The molecule has 1 aliphatic rings. The average Bonchev–Trinajstić information content (AvgIpc) is 2.39. The van der Waals surface area contributed by atoms with E-state index in [0.717, 1.165) is 11.4 Å². The minimum Gasteiger partial charge on any atom is -0.314 e. The lowest BCUT2D eigenvalue weighted by molar-refractivity contribution is -0.187. The highest BCUT2D eigenvalue weighted by atomic mass is 19.4. The first-order valence-electron chi connectivity index (χ1n) is 6.87. The molecule has 112 valence electrons. The van der Waals surface area contributed by atoms with Gasteiger partial charge in [0.2, 0.25) is 0 Å². The minimum atomic E-state index is -4.08. The van der Waals surface area contributed by atoms with Gasteiger partial charge in [-0.2, -0.15) is 13.2 Å². The summed E-state index contributed by atoms with van der Waals surface area (Å²) in [4.78, 5) is 6.31. The number of likely N-dealkylation sites (tertiary alicyclic amines) is 1. The second kappa shape index (κ2) is 6.54.